The van der Waals surface area contributed by atoms with Crippen molar-refractivity contribution in [3.05, 3.63) is 46.1 Å². The fraction of sp³-hybridized carbons (Fsp3) is 0.312. The maximum Gasteiger partial charge on any atom is 0.247 e. The van der Waals surface area contributed by atoms with Crippen LogP contribution in [0.5, 0.6) is 0 Å². The second-order valence-electron chi connectivity index (χ2n) is 5.24. The summed E-state index contributed by atoms with van der Waals surface area (Å²) in [4.78, 5) is 16.4. The number of anilines is 1. The van der Waals surface area contributed by atoms with Crippen LogP contribution in [0.4, 0.5) is 5.82 Å². The molecule has 0 unspecified atom stereocenters. The molecule has 0 bridgehead atoms. The van der Waals surface area contributed by atoms with Crippen molar-refractivity contribution in [2.75, 3.05) is 11.9 Å². The van der Waals surface area contributed by atoms with Gasteiger partial charge in [0, 0.05) is 17.6 Å². The lowest BCUT2D eigenvalue weighted by atomic mass is 10.00. The number of amides is 1. The van der Waals surface area contributed by atoms with E-state index >= 15 is 0 Å². The summed E-state index contributed by atoms with van der Waals surface area (Å²) in [7, 11) is 1.83. The summed E-state index contributed by atoms with van der Waals surface area (Å²) in [5.74, 6) is 0.541. The number of aryl methyl sites for hydroxylation is 2. The number of benzene rings is 1. The van der Waals surface area contributed by atoms with Crippen molar-refractivity contribution in [3.63, 3.8) is 0 Å². The smallest absolute Gasteiger partial charge is 0.247 e. The quantitative estimate of drug-likeness (QED) is 0.946. The van der Waals surface area contributed by atoms with E-state index in [1.54, 1.807) is 4.68 Å². The molecule has 0 saturated heterocycles. The highest BCUT2D eigenvalue weighted by molar-refractivity contribution is 6.36. The van der Waals surface area contributed by atoms with Crippen LogP contribution in [-0.4, -0.2) is 27.9 Å². The van der Waals surface area contributed by atoms with Crippen molar-refractivity contribution in [3.8, 4) is 0 Å². The van der Waals surface area contributed by atoms with E-state index in [2.05, 4.69) is 22.3 Å². The van der Waals surface area contributed by atoms with E-state index in [4.69, 9.17) is 11.6 Å². The summed E-state index contributed by atoms with van der Waals surface area (Å²) < 4.78 is 1.70. The van der Waals surface area contributed by atoms with Crippen molar-refractivity contribution in [1.29, 1.82) is 0 Å². The summed E-state index contributed by atoms with van der Waals surface area (Å²) >= 11 is 6.34. The van der Waals surface area contributed by atoms with E-state index in [-0.39, 0.29) is 12.5 Å². The molecule has 1 aliphatic heterocycles. The number of nitrogens with zero attached hydrogens (tertiary/aromatic N) is 3. The highest BCUT2D eigenvalue weighted by Crippen LogP contribution is 2.29. The van der Waals surface area contributed by atoms with Crippen LogP contribution in [0.1, 0.15) is 30.2 Å². The third-order valence-electron chi connectivity index (χ3n) is 3.61. The third kappa shape index (κ3) is 2.52. The standard InChI is InChI=1S/C16H17ClN4O/c1-3-6-12-14-15(10-7-4-5-8-11(10)17)18-9-13(22)19-16(14)21(2)20-12/h4-5,7-8H,3,6,9H2,1-2H3,(H,19,22). The van der Waals surface area contributed by atoms with Gasteiger partial charge in [0.05, 0.1) is 17.0 Å². The lowest BCUT2D eigenvalue weighted by molar-refractivity contribution is -0.114. The van der Waals surface area contributed by atoms with Crippen LogP contribution in [0.25, 0.3) is 0 Å². The van der Waals surface area contributed by atoms with Crippen molar-refractivity contribution in [2.45, 2.75) is 19.8 Å². The van der Waals surface area contributed by atoms with Crippen LogP contribution >= 0.6 is 11.6 Å². The highest BCUT2D eigenvalue weighted by atomic mass is 35.5. The monoisotopic (exact) mass is 316 g/mol. The Morgan fingerprint density at radius 2 is 2.14 bits per heavy atom. The second-order valence-corrected chi connectivity index (χ2v) is 5.64. The molecule has 22 heavy (non-hydrogen) atoms. The Balaban J connectivity index is 2.24. The molecule has 2 aromatic rings. The number of aliphatic imine (C=N–C) groups is 1. The van der Waals surface area contributed by atoms with Gasteiger partial charge < -0.3 is 5.32 Å². The largest absolute Gasteiger partial charge is 0.309 e. The van der Waals surface area contributed by atoms with Crippen LogP contribution in [-0.2, 0) is 18.3 Å². The van der Waals surface area contributed by atoms with Crippen LogP contribution in [0.2, 0.25) is 5.02 Å². The van der Waals surface area contributed by atoms with Crippen molar-refractivity contribution in [2.24, 2.45) is 12.0 Å². The Hall–Kier alpha value is -2.14. The molecule has 0 fully saturated rings. The zero-order valence-corrected chi connectivity index (χ0v) is 13.3. The minimum Gasteiger partial charge on any atom is -0.309 e. The third-order valence-corrected chi connectivity index (χ3v) is 3.94. The molecule has 0 atom stereocenters. The normalized spacial score (nSPS) is 14.1. The number of carbonyl (C=O) groups excluding carboxylic acids is 1. The molecular formula is C16H17ClN4O. The summed E-state index contributed by atoms with van der Waals surface area (Å²) in [5.41, 5.74) is 3.37. The molecule has 114 valence electrons. The van der Waals surface area contributed by atoms with E-state index in [1.165, 1.54) is 0 Å². The van der Waals surface area contributed by atoms with Crippen LogP contribution < -0.4 is 5.32 Å². The molecule has 0 aliphatic carbocycles. The number of hydrogen-bond donors (Lipinski definition) is 1. The molecule has 1 amide bonds. The Kier molecular flexibility index (Phi) is 3.98. The number of aromatic nitrogens is 2. The van der Waals surface area contributed by atoms with E-state index in [0.717, 1.165) is 35.4 Å². The van der Waals surface area contributed by atoms with Crippen molar-refractivity contribution >= 4 is 29.0 Å². The number of hydrogen-bond acceptors (Lipinski definition) is 3. The SMILES string of the molecule is CCCc1nn(C)c2c1C(c1ccccc1Cl)=NCC(=O)N2. The molecular weight excluding hydrogens is 300 g/mol. The van der Waals surface area contributed by atoms with E-state index in [9.17, 15) is 4.79 Å². The molecule has 3 rings (SSSR count). The molecule has 1 aromatic carbocycles. The van der Waals surface area contributed by atoms with Gasteiger partial charge in [0.2, 0.25) is 5.91 Å². The van der Waals surface area contributed by atoms with Crippen LogP contribution in [0, 0.1) is 0 Å². The summed E-state index contributed by atoms with van der Waals surface area (Å²) in [5, 5.41) is 8.05. The van der Waals surface area contributed by atoms with Gasteiger partial charge in [-0.25, -0.2) is 0 Å². The predicted octanol–water partition coefficient (Wildman–Crippen LogP) is 2.82. The lowest BCUT2D eigenvalue weighted by Gasteiger charge is -2.09. The number of nitrogens with one attached hydrogen (secondary N) is 1. The van der Waals surface area contributed by atoms with Gasteiger partial charge in [-0.2, -0.15) is 5.10 Å². The Morgan fingerprint density at radius 1 is 1.36 bits per heavy atom. The van der Waals surface area contributed by atoms with Gasteiger partial charge in [-0.1, -0.05) is 43.1 Å². The first-order valence-electron chi connectivity index (χ1n) is 7.27. The zero-order valence-electron chi connectivity index (χ0n) is 12.6. The molecule has 2 heterocycles. The first-order valence-corrected chi connectivity index (χ1v) is 7.65. The van der Waals surface area contributed by atoms with Gasteiger partial charge in [-0.05, 0) is 12.5 Å². The lowest BCUT2D eigenvalue weighted by Crippen LogP contribution is -2.16. The first kappa shape index (κ1) is 14.8. The molecule has 5 nitrogen and oxygen atoms in total. The van der Waals surface area contributed by atoms with E-state index in [0.29, 0.717) is 10.8 Å². The number of carbonyl (C=O) groups is 1. The second kappa shape index (κ2) is 5.93. The number of halogens is 1. The van der Waals surface area contributed by atoms with Gasteiger partial charge in [0.1, 0.15) is 12.4 Å². The van der Waals surface area contributed by atoms with Crippen LogP contribution in [0.15, 0.2) is 29.3 Å². The average molecular weight is 317 g/mol. The predicted molar refractivity (Wildman–Crippen MR) is 87.8 cm³/mol. The van der Waals surface area contributed by atoms with Crippen molar-refractivity contribution in [1.82, 2.24) is 9.78 Å². The summed E-state index contributed by atoms with van der Waals surface area (Å²) in [6.07, 6.45) is 1.79. The minimum atomic E-state index is -0.144. The van der Waals surface area contributed by atoms with Crippen LogP contribution in [0.3, 0.4) is 0 Å². The Morgan fingerprint density at radius 3 is 2.86 bits per heavy atom. The van der Waals surface area contributed by atoms with E-state index in [1.807, 2.05) is 31.3 Å². The van der Waals surface area contributed by atoms with Gasteiger partial charge in [-0.15, -0.1) is 0 Å². The number of rotatable bonds is 3. The molecule has 6 heteroatoms. The fourth-order valence-corrected chi connectivity index (χ4v) is 2.88. The maximum atomic E-state index is 11.9. The summed E-state index contributed by atoms with van der Waals surface area (Å²) in [6.45, 7) is 2.18. The molecule has 0 radical (unpaired) electrons. The fourth-order valence-electron chi connectivity index (χ4n) is 2.66. The van der Waals surface area contributed by atoms with Gasteiger partial charge >= 0.3 is 0 Å². The van der Waals surface area contributed by atoms with Crippen molar-refractivity contribution < 1.29 is 4.79 Å². The Bertz CT molecular complexity index is 764. The highest BCUT2D eigenvalue weighted by Gasteiger charge is 2.26. The maximum absolute atomic E-state index is 11.9. The summed E-state index contributed by atoms with van der Waals surface area (Å²) in [6, 6.07) is 7.54. The number of fused-ring (bicyclic) bond motifs is 1. The molecule has 0 saturated carbocycles. The van der Waals surface area contributed by atoms with Gasteiger partial charge in [0.25, 0.3) is 0 Å². The average Bonchev–Trinajstić information content (AvgIpc) is 2.68. The van der Waals surface area contributed by atoms with Gasteiger partial charge in [-0.3, -0.25) is 14.5 Å². The molecule has 1 aromatic heterocycles. The molecule has 1 aliphatic rings. The van der Waals surface area contributed by atoms with E-state index < -0.39 is 0 Å². The van der Waals surface area contributed by atoms with Gasteiger partial charge in [0.15, 0.2) is 0 Å². The topological polar surface area (TPSA) is 59.3 Å². The first-order chi connectivity index (χ1) is 10.6. The molecule has 0 spiro atoms. The minimum absolute atomic E-state index is 0.0841. The zero-order chi connectivity index (χ0) is 15.7. The Labute approximate surface area is 134 Å². The molecule has 1 N–H and O–H groups in total.